The Hall–Kier alpha value is -1.51. The molecule has 0 saturated carbocycles. The van der Waals surface area contributed by atoms with E-state index in [1.165, 1.54) is 37.5 Å². The second kappa shape index (κ2) is 9.42. The van der Waals surface area contributed by atoms with Gasteiger partial charge in [0.2, 0.25) is 0 Å². The summed E-state index contributed by atoms with van der Waals surface area (Å²) in [6.07, 6.45) is 6.08. The van der Waals surface area contributed by atoms with E-state index in [0.717, 1.165) is 19.3 Å². The van der Waals surface area contributed by atoms with Crippen molar-refractivity contribution in [2.45, 2.75) is 45.4 Å². The molecule has 1 rings (SSSR count). The zero-order valence-electron chi connectivity index (χ0n) is 12.0. The number of aryl methyl sites for hydroxylation is 2. The molecule has 0 heterocycles. The molecule has 0 bridgehead atoms. The van der Waals surface area contributed by atoms with Gasteiger partial charge in [-0.25, -0.2) is 4.79 Å². The van der Waals surface area contributed by atoms with E-state index in [1.807, 2.05) is 0 Å². The molecule has 1 aromatic carbocycles. The molecule has 0 spiro atoms. The maximum absolute atomic E-state index is 10.8. The zero-order valence-corrected chi connectivity index (χ0v) is 12.0. The number of carbonyl (C=O) groups excluding carboxylic acids is 1. The molecule has 0 aliphatic heterocycles. The number of hydrogen-bond acceptors (Lipinski definition) is 3. The standard InChI is InChI=1S/C16H24O3/c1-3-4-5-9-14-10-6-7-11-15(14)12-8-13-19-16(17)18-2/h6-7,10-11H,3-5,8-9,12-13H2,1-2H3. The third-order valence-electron chi connectivity index (χ3n) is 3.15. The van der Waals surface area contributed by atoms with Crippen LogP contribution >= 0.6 is 0 Å². The quantitative estimate of drug-likeness (QED) is 0.523. The third kappa shape index (κ3) is 6.27. The smallest absolute Gasteiger partial charge is 0.438 e. The Balaban J connectivity index is 2.37. The van der Waals surface area contributed by atoms with Crippen LogP contribution in [0.5, 0.6) is 0 Å². The number of carbonyl (C=O) groups is 1. The summed E-state index contributed by atoms with van der Waals surface area (Å²) < 4.78 is 9.32. The highest BCUT2D eigenvalue weighted by atomic mass is 16.7. The van der Waals surface area contributed by atoms with Gasteiger partial charge in [-0.15, -0.1) is 0 Å². The minimum absolute atomic E-state index is 0.413. The second-order valence-corrected chi connectivity index (χ2v) is 4.63. The first-order chi connectivity index (χ1) is 9.27. The van der Waals surface area contributed by atoms with Crippen molar-refractivity contribution < 1.29 is 14.3 Å². The van der Waals surface area contributed by atoms with Crippen LogP contribution in [0.4, 0.5) is 4.79 Å². The van der Waals surface area contributed by atoms with E-state index in [0.29, 0.717) is 6.61 Å². The average Bonchev–Trinajstić information content (AvgIpc) is 2.45. The van der Waals surface area contributed by atoms with Crippen LogP contribution < -0.4 is 0 Å². The summed E-state index contributed by atoms with van der Waals surface area (Å²) in [5.41, 5.74) is 2.79. The molecule has 0 atom stereocenters. The van der Waals surface area contributed by atoms with Crippen LogP contribution in [0.2, 0.25) is 0 Å². The summed E-state index contributed by atoms with van der Waals surface area (Å²) in [4.78, 5) is 10.8. The number of hydrogen-bond donors (Lipinski definition) is 0. The molecule has 0 aromatic heterocycles. The van der Waals surface area contributed by atoms with E-state index in [4.69, 9.17) is 4.74 Å². The van der Waals surface area contributed by atoms with Gasteiger partial charge in [-0.05, 0) is 36.8 Å². The van der Waals surface area contributed by atoms with E-state index < -0.39 is 6.16 Å². The molecule has 0 aliphatic rings. The Morgan fingerprint density at radius 2 is 1.68 bits per heavy atom. The molecule has 0 aliphatic carbocycles. The highest BCUT2D eigenvalue weighted by Crippen LogP contribution is 2.14. The topological polar surface area (TPSA) is 35.5 Å². The van der Waals surface area contributed by atoms with Gasteiger partial charge in [0.15, 0.2) is 0 Å². The average molecular weight is 264 g/mol. The molecule has 3 nitrogen and oxygen atoms in total. The molecule has 1 aromatic rings. The first-order valence-electron chi connectivity index (χ1n) is 7.05. The summed E-state index contributed by atoms with van der Waals surface area (Å²) in [6, 6.07) is 8.53. The fourth-order valence-corrected chi connectivity index (χ4v) is 2.09. The van der Waals surface area contributed by atoms with Crippen molar-refractivity contribution >= 4 is 6.16 Å². The fraction of sp³-hybridized carbons (Fsp3) is 0.562. The molecule has 0 saturated heterocycles. The van der Waals surface area contributed by atoms with Gasteiger partial charge in [0, 0.05) is 0 Å². The lowest BCUT2D eigenvalue weighted by Crippen LogP contribution is -2.06. The van der Waals surface area contributed by atoms with Crippen molar-refractivity contribution in [3.05, 3.63) is 35.4 Å². The Morgan fingerprint density at radius 1 is 1.05 bits per heavy atom. The number of unbranched alkanes of at least 4 members (excludes halogenated alkanes) is 2. The van der Waals surface area contributed by atoms with Crippen LogP contribution in [0.1, 0.15) is 43.7 Å². The first kappa shape index (κ1) is 15.5. The number of methoxy groups -OCH3 is 1. The van der Waals surface area contributed by atoms with Gasteiger partial charge in [-0.2, -0.15) is 0 Å². The molecule has 0 unspecified atom stereocenters. The van der Waals surface area contributed by atoms with Gasteiger partial charge in [0.25, 0.3) is 0 Å². The Kier molecular flexibility index (Phi) is 7.71. The predicted octanol–water partition coefficient (Wildman–Crippen LogP) is 4.13. The van der Waals surface area contributed by atoms with Crippen LogP contribution in [-0.2, 0) is 22.3 Å². The lowest BCUT2D eigenvalue weighted by atomic mass is 9.98. The molecule has 0 amide bonds. The summed E-state index contributed by atoms with van der Waals surface area (Å²) in [5.74, 6) is 0. The monoisotopic (exact) mass is 264 g/mol. The summed E-state index contributed by atoms with van der Waals surface area (Å²) in [7, 11) is 1.32. The van der Waals surface area contributed by atoms with Crippen LogP contribution in [0, 0.1) is 0 Å². The molecular weight excluding hydrogens is 240 g/mol. The molecule has 0 fully saturated rings. The fourth-order valence-electron chi connectivity index (χ4n) is 2.09. The van der Waals surface area contributed by atoms with Gasteiger partial charge in [0.1, 0.15) is 0 Å². The van der Waals surface area contributed by atoms with Crippen LogP contribution in [0.15, 0.2) is 24.3 Å². The molecule has 3 heteroatoms. The summed E-state index contributed by atoms with van der Waals surface area (Å²) >= 11 is 0. The summed E-state index contributed by atoms with van der Waals surface area (Å²) in [5, 5.41) is 0. The van der Waals surface area contributed by atoms with E-state index in [-0.39, 0.29) is 0 Å². The zero-order chi connectivity index (χ0) is 13.9. The largest absolute Gasteiger partial charge is 0.507 e. The molecule has 0 N–H and O–H groups in total. The van der Waals surface area contributed by atoms with Gasteiger partial charge in [-0.3, -0.25) is 0 Å². The predicted molar refractivity (Wildman–Crippen MR) is 76.3 cm³/mol. The van der Waals surface area contributed by atoms with Crippen molar-refractivity contribution in [2.75, 3.05) is 13.7 Å². The normalized spacial score (nSPS) is 10.2. The van der Waals surface area contributed by atoms with Crippen LogP contribution in [0.3, 0.4) is 0 Å². The first-order valence-corrected chi connectivity index (χ1v) is 7.05. The van der Waals surface area contributed by atoms with Crippen molar-refractivity contribution in [1.29, 1.82) is 0 Å². The second-order valence-electron chi connectivity index (χ2n) is 4.63. The van der Waals surface area contributed by atoms with Crippen LogP contribution in [0.25, 0.3) is 0 Å². The summed E-state index contributed by atoms with van der Waals surface area (Å²) in [6.45, 7) is 2.63. The van der Waals surface area contributed by atoms with Gasteiger partial charge in [0.05, 0.1) is 13.7 Å². The van der Waals surface area contributed by atoms with E-state index >= 15 is 0 Å². The highest BCUT2D eigenvalue weighted by molar-refractivity contribution is 5.59. The van der Waals surface area contributed by atoms with Crippen molar-refractivity contribution in [1.82, 2.24) is 0 Å². The molecule has 106 valence electrons. The lowest BCUT2D eigenvalue weighted by Gasteiger charge is -2.09. The maximum atomic E-state index is 10.8. The number of ether oxygens (including phenoxy) is 2. The SMILES string of the molecule is CCCCCc1ccccc1CCCOC(=O)OC. The van der Waals surface area contributed by atoms with E-state index in [2.05, 4.69) is 35.9 Å². The Labute approximate surface area is 115 Å². The van der Waals surface area contributed by atoms with Crippen molar-refractivity contribution in [2.24, 2.45) is 0 Å². The van der Waals surface area contributed by atoms with Crippen molar-refractivity contribution in [3.8, 4) is 0 Å². The molecule has 0 radical (unpaired) electrons. The maximum Gasteiger partial charge on any atom is 0.507 e. The Morgan fingerprint density at radius 3 is 2.26 bits per heavy atom. The van der Waals surface area contributed by atoms with Crippen molar-refractivity contribution in [3.63, 3.8) is 0 Å². The van der Waals surface area contributed by atoms with E-state index in [1.54, 1.807) is 0 Å². The minimum Gasteiger partial charge on any atom is -0.438 e. The van der Waals surface area contributed by atoms with Gasteiger partial charge in [-0.1, -0.05) is 44.0 Å². The lowest BCUT2D eigenvalue weighted by molar-refractivity contribution is 0.0719. The van der Waals surface area contributed by atoms with E-state index in [9.17, 15) is 4.79 Å². The minimum atomic E-state index is -0.601. The van der Waals surface area contributed by atoms with Crippen LogP contribution in [-0.4, -0.2) is 19.9 Å². The van der Waals surface area contributed by atoms with Gasteiger partial charge < -0.3 is 9.47 Å². The third-order valence-corrected chi connectivity index (χ3v) is 3.15. The molecule has 19 heavy (non-hydrogen) atoms. The number of benzene rings is 1. The highest BCUT2D eigenvalue weighted by Gasteiger charge is 2.03. The molecular formula is C16H24O3. The number of rotatable bonds is 8. The Bertz CT molecular complexity index is 374. The van der Waals surface area contributed by atoms with Gasteiger partial charge >= 0.3 is 6.16 Å².